The molecular formula is C23H25N3O3S. The summed E-state index contributed by atoms with van der Waals surface area (Å²) in [6, 6.07) is 14.1. The smallest absolute Gasteiger partial charge is 0.262 e. The number of hydrogen-bond donors (Lipinski definition) is 1. The summed E-state index contributed by atoms with van der Waals surface area (Å²) >= 11 is 1.27. The van der Waals surface area contributed by atoms with Crippen LogP contribution in [-0.4, -0.2) is 27.0 Å². The summed E-state index contributed by atoms with van der Waals surface area (Å²) in [5, 5.41) is 3.89. The van der Waals surface area contributed by atoms with E-state index in [0.717, 1.165) is 6.42 Å². The average molecular weight is 424 g/mol. The van der Waals surface area contributed by atoms with Gasteiger partial charge >= 0.3 is 0 Å². The molecule has 1 aromatic heterocycles. The maximum absolute atomic E-state index is 13.0. The van der Waals surface area contributed by atoms with E-state index in [1.807, 2.05) is 32.0 Å². The molecule has 0 aliphatic heterocycles. The van der Waals surface area contributed by atoms with Gasteiger partial charge in [0.25, 0.3) is 5.56 Å². The van der Waals surface area contributed by atoms with Gasteiger partial charge in [-0.2, -0.15) is 0 Å². The molecule has 3 rings (SSSR count). The van der Waals surface area contributed by atoms with Crippen molar-refractivity contribution in [3.05, 3.63) is 64.4 Å². The number of anilines is 1. The number of ketones is 1. The van der Waals surface area contributed by atoms with Crippen molar-refractivity contribution in [1.82, 2.24) is 9.55 Å². The Kier molecular flexibility index (Phi) is 7.05. The lowest BCUT2D eigenvalue weighted by Gasteiger charge is -2.18. The van der Waals surface area contributed by atoms with Crippen molar-refractivity contribution in [3.8, 4) is 0 Å². The van der Waals surface area contributed by atoms with Crippen LogP contribution >= 0.6 is 11.8 Å². The molecule has 1 atom stereocenters. The lowest BCUT2D eigenvalue weighted by atomic mass is 10.1. The molecule has 30 heavy (non-hydrogen) atoms. The van der Waals surface area contributed by atoms with Gasteiger partial charge in [-0.05, 0) is 49.7 Å². The fourth-order valence-electron chi connectivity index (χ4n) is 3.00. The number of Topliss-reactive ketones (excluding diaryl/α,β-unsaturated/α-hetero) is 1. The number of fused-ring (bicyclic) bond motifs is 1. The Morgan fingerprint density at radius 1 is 1.10 bits per heavy atom. The molecule has 0 saturated heterocycles. The molecule has 0 fully saturated rings. The lowest BCUT2D eigenvalue weighted by molar-refractivity contribution is -0.115. The molecule has 0 aliphatic rings. The van der Waals surface area contributed by atoms with Crippen molar-refractivity contribution >= 4 is 40.0 Å². The van der Waals surface area contributed by atoms with Crippen LogP contribution in [0.25, 0.3) is 10.9 Å². The predicted molar refractivity (Wildman–Crippen MR) is 121 cm³/mol. The second kappa shape index (κ2) is 9.71. The predicted octanol–water partition coefficient (Wildman–Crippen LogP) is 4.69. The zero-order valence-corrected chi connectivity index (χ0v) is 18.2. The zero-order chi connectivity index (χ0) is 21.7. The van der Waals surface area contributed by atoms with Crippen LogP contribution in [0.5, 0.6) is 0 Å². The third-order valence-corrected chi connectivity index (χ3v) is 5.90. The highest BCUT2D eigenvalue weighted by Crippen LogP contribution is 2.23. The second-order valence-corrected chi connectivity index (χ2v) is 7.98. The monoisotopic (exact) mass is 423 g/mol. The Hall–Kier alpha value is -2.93. The normalized spacial score (nSPS) is 12.0. The van der Waals surface area contributed by atoms with Gasteiger partial charge in [0.1, 0.15) is 0 Å². The van der Waals surface area contributed by atoms with E-state index in [-0.39, 0.29) is 29.0 Å². The Morgan fingerprint density at radius 2 is 1.80 bits per heavy atom. The summed E-state index contributed by atoms with van der Waals surface area (Å²) < 4.78 is 1.68. The molecule has 1 heterocycles. The summed E-state index contributed by atoms with van der Waals surface area (Å²) in [6.07, 6.45) is 1.18. The number of aromatic nitrogens is 2. The number of amides is 1. The first-order valence-electron chi connectivity index (χ1n) is 10.0. The third-order valence-electron chi connectivity index (χ3n) is 4.95. The fourth-order valence-corrected chi connectivity index (χ4v) is 3.99. The highest BCUT2D eigenvalue weighted by atomic mass is 32.2. The van der Waals surface area contributed by atoms with Gasteiger partial charge in [-0.1, -0.05) is 37.7 Å². The molecule has 0 saturated carbocycles. The largest absolute Gasteiger partial charge is 0.326 e. The number of carbonyl (C=O) groups excluding carboxylic acids is 2. The minimum Gasteiger partial charge on any atom is -0.326 e. The summed E-state index contributed by atoms with van der Waals surface area (Å²) in [4.78, 5) is 41.8. The molecule has 0 spiro atoms. The minimum atomic E-state index is -0.0825. The van der Waals surface area contributed by atoms with Crippen molar-refractivity contribution in [2.45, 2.75) is 44.8 Å². The number of carbonyl (C=O) groups is 2. The van der Waals surface area contributed by atoms with Crippen LogP contribution in [0, 0.1) is 0 Å². The van der Waals surface area contributed by atoms with Gasteiger partial charge in [-0.25, -0.2) is 4.98 Å². The Balaban J connectivity index is 1.81. The first-order chi connectivity index (χ1) is 14.4. The highest BCUT2D eigenvalue weighted by molar-refractivity contribution is 7.99. The minimum absolute atomic E-state index is 0.0198. The standard InChI is InChI=1S/C23H25N3O3S/c1-4-15(3)26-22(29)18-8-6-7-9-19(18)25-23(26)30-14-20(27)16-10-12-17(13-11-16)24-21(28)5-2/h6-13,15H,4-5,14H2,1-3H3,(H,24,28)/t15-/m1/s1. The van der Waals surface area contributed by atoms with Crippen molar-refractivity contribution in [3.63, 3.8) is 0 Å². The molecule has 1 amide bonds. The topological polar surface area (TPSA) is 81.1 Å². The number of thioether (sulfide) groups is 1. The van der Waals surface area contributed by atoms with Crippen LogP contribution in [0.15, 0.2) is 58.5 Å². The van der Waals surface area contributed by atoms with E-state index < -0.39 is 0 Å². The number of rotatable bonds is 8. The SMILES string of the molecule is CCC(=O)Nc1ccc(C(=O)CSc2nc3ccccc3c(=O)n2[C@H](C)CC)cc1. The van der Waals surface area contributed by atoms with E-state index in [1.54, 1.807) is 41.8 Å². The summed E-state index contributed by atoms with van der Waals surface area (Å²) in [5.74, 6) is 0.0310. The van der Waals surface area contributed by atoms with Crippen LogP contribution in [0.3, 0.4) is 0 Å². The molecule has 3 aromatic rings. The number of para-hydroxylation sites is 1. The number of nitrogens with zero attached hydrogens (tertiary/aromatic N) is 2. The van der Waals surface area contributed by atoms with Gasteiger partial charge in [-0.15, -0.1) is 0 Å². The number of nitrogens with one attached hydrogen (secondary N) is 1. The highest BCUT2D eigenvalue weighted by Gasteiger charge is 2.17. The maximum Gasteiger partial charge on any atom is 0.262 e. The number of hydrogen-bond acceptors (Lipinski definition) is 5. The maximum atomic E-state index is 13.0. The second-order valence-electron chi connectivity index (χ2n) is 7.03. The first kappa shape index (κ1) is 21.8. The van der Waals surface area contributed by atoms with E-state index in [0.29, 0.717) is 33.7 Å². The Bertz CT molecular complexity index is 1120. The van der Waals surface area contributed by atoms with Gasteiger partial charge in [-0.3, -0.25) is 19.0 Å². The molecule has 156 valence electrons. The van der Waals surface area contributed by atoms with Crippen molar-refractivity contribution in [2.24, 2.45) is 0 Å². The van der Waals surface area contributed by atoms with Gasteiger partial charge < -0.3 is 5.32 Å². The Labute approximate surface area is 179 Å². The third kappa shape index (κ3) is 4.79. The summed E-state index contributed by atoms with van der Waals surface area (Å²) in [5.41, 5.74) is 1.76. The molecule has 0 unspecified atom stereocenters. The molecule has 0 radical (unpaired) electrons. The van der Waals surface area contributed by atoms with Gasteiger partial charge in [0.05, 0.1) is 16.7 Å². The van der Waals surface area contributed by atoms with Crippen molar-refractivity contribution in [2.75, 3.05) is 11.1 Å². The molecule has 0 bridgehead atoms. The van der Waals surface area contributed by atoms with Crippen molar-refractivity contribution < 1.29 is 9.59 Å². The van der Waals surface area contributed by atoms with Crippen LogP contribution in [0.1, 0.15) is 50.0 Å². The Morgan fingerprint density at radius 3 is 2.47 bits per heavy atom. The van der Waals surface area contributed by atoms with Crippen LogP contribution in [0.4, 0.5) is 5.69 Å². The van der Waals surface area contributed by atoms with E-state index in [4.69, 9.17) is 0 Å². The summed E-state index contributed by atoms with van der Waals surface area (Å²) in [6.45, 7) is 5.78. The summed E-state index contributed by atoms with van der Waals surface area (Å²) in [7, 11) is 0. The van der Waals surface area contributed by atoms with Crippen molar-refractivity contribution in [1.29, 1.82) is 0 Å². The van der Waals surface area contributed by atoms with Gasteiger partial charge in [0, 0.05) is 23.7 Å². The molecular weight excluding hydrogens is 398 g/mol. The van der Waals surface area contributed by atoms with E-state index >= 15 is 0 Å². The van der Waals surface area contributed by atoms with Crippen LogP contribution in [0.2, 0.25) is 0 Å². The van der Waals surface area contributed by atoms with E-state index in [9.17, 15) is 14.4 Å². The molecule has 1 N–H and O–H groups in total. The molecule has 2 aromatic carbocycles. The van der Waals surface area contributed by atoms with Crippen LogP contribution < -0.4 is 10.9 Å². The fraction of sp³-hybridized carbons (Fsp3) is 0.304. The number of benzene rings is 2. The van der Waals surface area contributed by atoms with E-state index in [2.05, 4.69) is 10.3 Å². The quantitative estimate of drug-likeness (QED) is 0.323. The van der Waals surface area contributed by atoms with Gasteiger partial charge in [0.15, 0.2) is 10.9 Å². The molecule has 0 aliphatic carbocycles. The van der Waals surface area contributed by atoms with E-state index in [1.165, 1.54) is 11.8 Å². The zero-order valence-electron chi connectivity index (χ0n) is 17.3. The van der Waals surface area contributed by atoms with Crippen LogP contribution in [-0.2, 0) is 4.79 Å². The average Bonchev–Trinajstić information content (AvgIpc) is 2.77. The molecule has 7 heteroatoms. The lowest BCUT2D eigenvalue weighted by Crippen LogP contribution is -2.26. The molecule has 6 nitrogen and oxygen atoms in total. The first-order valence-corrected chi connectivity index (χ1v) is 11.0. The van der Waals surface area contributed by atoms with Gasteiger partial charge in [0.2, 0.25) is 5.91 Å².